The number of rotatable bonds is 11. The Kier molecular flexibility index (Phi) is 9.71. The van der Waals surface area contributed by atoms with E-state index in [9.17, 15) is 4.39 Å². The highest BCUT2D eigenvalue weighted by atomic mass is 127. The highest BCUT2D eigenvalue weighted by molar-refractivity contribution is 14.1. The van der Waals surface area contributed by atoms with E-state index in [0.717, 1.165) is 66.0 Å². The number of nitrogens with zero attached hydrogens (tertiary/aromatic N) is 5. The average Bonchev–Trinajstić information content (AvgIpc) is 3.45. The van der Waals surface area contributed by atoms with Crippen molar-refractivity contribution in [2.24, 2.45) is 0 Å². The Morgan fingerprint density at radius 1 is 0.930 bits per heavy atom. The molecule has 0 bridgehead atoms. The Morgan fingerprint density at radius 2 is 1.70 bits per heavy atom. The van der Waals surface area contributed by atoms with Gasteiger partial charge < -0.3 is 20.3 Å². The van der Waals surface area contributed by atoms with Gasteiger partial charge in [0.1, 0.15) is 22.6 Å². The smallest absolute Gasteiger partial charge is 0.189 e. The van der Waals surface area contributed by atoms with Crippen molar-refractivity contribution in [3.8, 4) is 5.75 Å². The minimum atomic E-state index is -0.214. The molecule has 5 aromatic rings. The van der Waals surface area contributed by atoms with Crippen molar-refractivity contribution in [1.29, 1.82) is 0 Å². The molecule has 2 N–H and O–H groups in total. The van der Waals surface area contributed by atoms with Crippen LogP contribution in [0.25, 0.3) is 10.3 Å². The summed E-state index contributed by atoms with van der Waals surface area (Å²) in [6.07, 6.45) is 2.45. The maximum Gasteiger partial charge on any atom is 0.189 e. The Bertz CT molecular complexity index is 1660. The summed E-state index contributed by atoms with van der Waals surface area (Å²) in [7, 11) is 0. The zero-order chi connectivity index (χ0) is 29.6. The van der Waals surface area contributed by atoms with Crippen molar-refractivity contribution in [3.05, 3.63) is 89.5 Å². The molecule has 2 aromatic heterocycles. The highest BCUT2D eigenvalue weighted by Gasteiger charge is 2.17. The monoisotopic (exact) mass is 729 g/mol. The molecule has 0 atom stereocenters. The first-order chi connectivity index (χ1) is 21.0. The van der Waals surface area contributed by atoms with Gasteiger partial charge in [0.15, 0.2) is 16.6 Å². The van der Waals surface area contributed by atoms with Crippen LogP contribution in [0.5, 0.6) is 5.75 Å². The van der Waals surface area contributed by atoms with E-state index >= 15 is 0 Å². The van der Waals surface area contributed by atoms with Crippen LogP contribution in [0.2, 0.25) is 5.02 Å². The number of fused-ring (bicyclic) bond motifs is 1. The van der Waals surface area contributed by atoms with E-state index in [2.05, 4.69) is 70.1 Å². The van der Waals surface area contributed by atoms with Gasteiger partial charge in [0.25, 0.3) is 0 Å². The first-order valence-corrected chi connectivity index (χ1v) is 16.7. The lowest BCUT2D eigenvalue weighted by Crippen LogP contribution is -2.46. The second-order valence-corrected chi connectivity index (χ2v) is 12.3. The van der Waals surface area contributed by atoms with Gasteiger partial charge in [-0.3, -0.25) is 4.90 Å². The van der Waals surface area contributed by atoms with E-state index < -0.39 is 0 Å². The number of benzene rings is 3. The van der Waals surface area contributed by atoms with E-state index in [1.165, 1.54) is 29.4 Å². The lowest BCUT2D eigenvalue weighted by molar-refractivity contribution is 0.225. The predicted octanol–water partition coefficient (Wildman–Crippen LogP) is 7.89. The number of alkyl halides is 1. The molecule has 0 spiro atoms. The van der Waals surface area contributed by atoms with E-state index in [-0.39, 0.29) is 5.82 Å². The number of aromatic nitrogens is 3. The Labute approximate surface area is 272 Å². The van der Waals surface area contributed by atoms with Crippen molar-refractivity contribution in [3.63, 3.8) is 0 Å². The molecular formula is C31H30ClFIN7OS. The number of piperazine rings is 1. The maximum absolute atomic E-state index is 13.9. The quantitative estimate of drug-likeness (QED) is 0.0808. The molecule has 12 heteroatoms. The molecule has 222 valence electrons. The van der Waals surface area contributed by atoms with Gasteiger partial charge in [0.2, 0.25) is 0 Å². The molecule has 3 heterocycles. The zero-order valence-corrected chi connectivity index (χ0v) is 27.0. The lowest BCUT2D eigenvalue weighted by atomic mass is 10.2. The summed E-state index contributed by atoms with van der Waals surface area (Å²) < 4.78 is 21.3. The third kappa shape index (κ3) is 7.64. The van der Waals surface area contributed by atoms with E-state index in [1.807, 2.05) is 36.4 Å². The standard InChI is InChI=1S/C31H30ClFIN7OS/c32-22-2-7-25(8-3-22)41-15-13-40(14-16-41)12-1-17-42-26-9-4-23(5-10-26)38-31-39-30-28(43-31)29(35-20-36-30)37-24-6-11-27(33)21(18-24)19-34/h2-11,18,20H,1,12-17,19H2,(H2,35,36,37,38,39). The summed E-state index contributed by atoms with van der Waals surface area (Å²) in [5.41, 5.74) is 4.13. The van der Waals surface area contributed by atoms with Crippen LogP contribution in [-0.2, 0) is 4.43 Å². The highest BCUT2D eigenvalue weighted by Crippen LogP contribution is 2.33. The van der Waals surface area contributed by atoms with E-state index in [0.29, 0.717) is 33.2 Å². The first kappa shape index (κ1) is 29.8. The zero-order valence-electron chi connectivity index (χ0n) is 23.3. The predicted molar refractivity (Wildman–Crippen MR) is 183 cm³/mol. The van der Waals surface area contributed by atoms with Gasteiger partial charge in [-0.2, -0.15) is 4.98 Å². The fraction of sp³-hybridized carbons (Fsp3) is 0.258. The first-order valence-electron chi connectivity index (χ1n) is 14.0. The van der Waals surface area contributed by atoms with E-state index in [1.54, 1.807) is 12.1 Å². The number of nitrogens with one attached hydrogen (secondary N) is 2. The van der Waals surface area contributed by atoms with Gasteiger partial charge in [0, 0.05) is 59.2 Å². The molecule has 0 aliphatic carbocycles. The van der Waals surface area contributed by atoms with Gasteiger partial charge in [0.05, 0.1) is 6.61 Å². The third-order valence-corrected chi connectivity index (χ3v) is 9.24. The van der Waals surface area contributed by atoms with Crippen LogP contribution in [-0.4, -0.2) is 59.2 Å². The Balaban J connectivity index is 0.972. The molecule has 0 radical (unpaired) electrons. The van der Waals surface area contributed by atoms with Gasteiger partial charge in [-0.15, -0.1) is 0 Å². The molecule has 0 amide bonds. The van der Waals surface area contributed by atoms with Crippen LogP contribution >= 0.6 is 45.5 Å². The summed E-state index contributed by atoms with van der Waals surface area (Å²) in [4.78, 5) is 18.2. The molecule has 3 aromatic carbocycles. The maximum atomic E-state index is 13.9. The largest absolute Gasteiger partial charge is 0.494 e. The van der Waals surface area contributed by atoms with Crippen molar-refractivity contribution >= 4 is 83.9 Å². The normalized spacial score (nSPS) is 13.8. The minimum absolute atomic E-state index is 0.214. The molecule has 1 fully saturated rings. The van der Waals surface area contributed by atoms with Crippen LogP contribution in [0.3, 0.4) is 0 Å². The van der Waals surface area contributed by atoms with Gasteiger partial charge in [-0.25, -0.2) is 14.4 Å². The Hall–Kier alpha value is -3.26. The molecule has 1 saturated heterocycles. The summed E-state index contributed by atoms with van der Waals surface area (Å²) in [6.45, 7) is 5.82. The lowest BCUT2D eigenvalue weighted by Gasteiger charge is -2.36. The molecule has 6 rings (SSSR count). The molecule has 1 aliphatic heterocycles. The molecule has 1 aliphatic rings. The summed E-state index contributed by atoms with van der Waals surface area (Å²) in [6, 6.07) is 20.9. The molecular weight excluding hydrogens is 700 g/mol. The number of anilines is 5. The van der Waals surface area contributed by atoms with Gasteiger partial charge in [-0.05, 0) is 78.7 Å². The van der Waals surface area contributed by atoms with Crippen molar-refractivity contribution in [1.82, 2.24) is 19.9 Å². The van der Waals surface area contributed by atoms with Gasteiger partial charge in [-0.1, -0.05) is 45.5 Å². The minimum Gasteiger partial charge on any atom is -0.494 e. The van der Waals surface area contributed by atoms with Crippen LogP contribution < -0.4 is 20.3 Å². The number of thiazole rings is 1. The number of ether oxygens (including phenoxy) is 1. The SMILES string of the molecule is Fc1ccc(Nc2ncnc3nc(Nc4ccc(OCCCN5CCN(c6ccc(Cl)cc6)CC5)cc4)sc23)cc1CI. The summed E-state index contributed by atoms with van der Waals surface area (Å²) in [5.74, 6) is 1.26. The summed E-state index contributed by atoms with van der Waals surface area (Å²) >= 11 is 9.63. The summed E-state index contributed by atoms with van der Waals surface area (Å²) in [5, 5.41) is 8.12. The number of hydrogen-bond donors (Lipinski definition) is 2. The number of hydrogen-bond acceptors (Lipinski definition) is 9. The fourth-order valence-corrected chi connectivity index (χ4v) is 6.50. The molecule has 8 nitrogen and oxygen atoms in total. The molecule has 43 heavy (non-hydrogen) atoms. The van der Waals surface area contributed by atoms with Gasteiger partial charge >= 0.3 is 0 Å². The third-order valence-electron chi connectivity index (χ3n) is 7.20. The van der Waals surface area contributed by atoms with E-state index in [4.69, 9.17) is 16.3 Å². The molecule has 0 unspecified atom stereocenters. The second-order valence-electron chi connectivity index (χ2n) is 10.1. The van der Waals surface area contributed by atoms with Crippen molar-refractivity contribution < 1.29 is 9.13 Å². The Morgan fingerprint density at radius 3 is 2.47 bits per heavy atom. The molecule has 0 saturated carbocycles. The second kappa shape index (κ2) is 14.0. The van der Waals surface area contributed by atoms with Crippen molar-refractivity contribution in [2.75, 3.05) is 54.9 Å². The van der Waals surface area contributed by atoms with Crippen LogP contribution in [0, 0.1) is 5.82 Å². The van der Waals surface area contributed by atoms with Crippen LogP contribution in [0.1, 0.15) is 12.0 Å². The van der Waals surface area contributed by atoms with Crippen LogP contribution in [0.4, 0.5) is 32.4 Å². The average molecular weight is 730 g/mol. The number of halogens is 3. The van der Waals surface area contributed by atoms with Crippen molar-refractivity contribution in [2.45, 2.75) is 10.8 Å². The fourth-order valence-electron chi connectivity index (χ4n) is 4.91. The van der Waals surface area contributed by atoms with Crippen LogP contribution in [0.15, 0.2) is 73.1 Å². The topological polar surface area (TPSA) is 78.4 Å².